The topological polar surface area (TPSA) is 54.9 Å². The Morgan fingerprint density at radius 3 is 2.71 bits per heavy atom. The molecule has 0 unspecified atom stereocenters. The fourth-order valence-corrected chi connectivity index (χ4v) is 2.17. The zero-order valence-electron chi connectivity index (χ0n) is 11.7. The van der Waals surface area contributed by atoms with E-state index in [1.807, 2.05) is 55.5 Å². The smallest absolute Gasteiger partial charge is 0.231 e. The van der Waals surface area contributed by atoms with Crippen molar-refractivity contribution in [2.45, 2.75) is 13.3 Å². The van der Waals surface area contributed by atoms with Crippen LogP contribution in [0.15, 0.2) is 54.6 Å². The van der Waals surface area contributed by atoms with Gasteiger partial charge in [0.25, 0.3) is 0 Å². The number of aromatic nitrogens is 2. The number of pyridine rings is 2. The quantitative estimate of drug-likeness (QED) is 0.800. The number of aryl methyl sites for hydroxylation is 1. The molecule has 1 aromatic carbocycles. The molecule has 4 heteroatoms. The number of amides is 1. The molecule has 3 rings (SSSR count). The van der Waals surface area contributed by atoms with Gasteiger partial charge in [-0.3, -0.25) is 9.78 Å². The number of rotatable bonds is 3. The molecular weight excluding hydrogens is 262 g/mol. The van der Waals surface area contributed by atoms with Crippen LogP contribution in [0.5, 0.6) is 0 Å². The van der Waals surface area contributed by atoms with Crippen LogP contribution in [0.2, 0.25) is 0 Å². The molecule has 0 atom stereocenters. The molecule has 0 aliphatic rings. The van der Waals surface area contributed by atoms with Crippen molar-refractivity contribution < 1.29 is 4.79 Å². The number of para-hydroxylation sites is 1. The molecule has 1 amide bonds. The van der Waals surface area contributed by atoms with Crippen LogP contribution in [0.3, 0.4) is 0 Å². The van der Waals surface area contributed by atoms with Crippen LogP contribution >= 0.6 is 0 Å². The van der Waals surface area contributed by atoms with Crippen molar-refractivity contribution in [3.8, 4) is 0 Å². The van der Waals surface area contributed by atoms with Gasteiger partial charge in [0.2, 0.25) is 5.91 Å². The maximum absolute atomic E-state index is 12.0. The number of carbonyl (C=O) groups is 1. The second-order valence-electron chi connectivity index (χ2n) is 4.88. The molecule has 0 aliphatic carbocycles. The van der Waals surface area contributed by atoms with Gasteiger partial charge in [0.05, 0.1) is 17.6 Å². The number of anilines is 1. The average Bonchev–Trinajstić information content (AvgIpc) is 2.47. The first kappa shape index (κ1) is 13.2. The lowest BCUT2D eigenvalue weighted by atomic mass is 10.2. The van der Waals surface area contributed by atoms with E-state index in [4.69, 9.17) is 0 Å². The van der Waals surface area contributed by atoms with Gasteiger partial charge >= 0.3 is 0 Å². The Balaban J connectivity index is 1.74. The highest BCUT2D eigenvalue weighted by Crippen LogP contribution is 2.12. The van der Waals surface area contributed by atoms with Crippen LogP contribution in [-0.2, 0) is 11.2 Å². The molecular formula is C17H15N3O. The molecule has 104 valence electrons. The van der Waals surface area contributed by atoms with E-state index in [2.05, 4.69) is 15.3 Å². The maximum Gasteiger partial charge on any atom is 0.231 e. The fourth-order valence-electron chi connectivity index (χ4n) is 2.17. The number of carbonyl (C=O) groups excluding carboxylic acids is 1. The largest absolute Gasteiger partial charge is 0.310 e. The van der Waals surface area contributed by atoms with Crippen LogP contribution in [0, 0.1) is 6.92 Å². The van der Waals surface area contributed by atoms with Gasteiger partial charge < -0.3 is 5.32 Å². The van der Waals surface area contributed by atoms with Crippen molar-refractivity contribution in [3.63, 3.8) is 0 Å². The van der Waals surface area contributed by atoms with Crippen molar-refractivity contribution >= 4 is 22.6 Å². The summed E-state index contributed by atoms with van der Waals surface area (Å²) >= 11 is 0. The number of nitrogens with zero attached hydrogens (tertiary/aromatic N) is 2. The van der Waals surface area contributed by atoms with E-state index in [1.165, 1.54) is 0 Å². The van der Waals surface area contributed by atoms with Crippen molar-refractivity contribution in [3.05, 3.63) is 66.0 Å². The lowest BCUT2D eigenvalue weighted by molar-refractivity contribution is -0.115. The van der Waals surface area contributed by atoms with Crippen molar-refractivity contribution in [2.75, 3.05) is 5.32 Å². The van der Waals surface area contributed by atoms with E-state index in [9.17, 15) is 4.79 Å². The number of hydrogen-bond donors (Lipinski definition) is 1. The Labute approximate surface area is 122 Å². The Bertz CT molecular complexity index is 799. The summed E-state index contributed by atoms with van der Waals surface area (Å²) in [5.74, 6) is 0.455. The summed E-state index contributed by atoms with van der Waals surface area (Å²) in [6.07, 6.45) is 0.237. The van der Waals surface area contributed by atoms with E-state index < -0.39 is 0 Å². The molecule has 3 aromatic rings. The number of benzene rings is 1. The highest BCUT2D eigenvalue weighted by Gasteiger charge is 2.07. The van der Waals surface area contributed by atoms with Crippen LogP contribution in [0.25, 0.3) is 10.9 Å². The van der Waals surface area contributed by atoms with E-state index >= 15 is 0 Å². The minimum atomic E-state index is -0.115. The molecule has 0 aliphatic heterocycles. The molecule has 21 heavy (non-hydrogen) atoms. The Morgan fingerprint density at radius 1 is 1.00 bits per heavy atom. The Morgan fingerprint density at radius 2 is 1.86 bits per heavy atom. The summed E-state index contributed by atoms with van der Waals surface area (Å²) in [5, 5.41) is 3.86. The summed E-state index contributed by atoms with van der Waals surface area (Å²) in [7, 11) is 0. The summed E-state index contributed by atoms with van der Waals surface area (Å²) in [6, 6.07) is 17.3. The Kier molecular flexibility index (Phi) is 3.60. The molecule has 0 spiro atoms. The van der Waals surface area contributed by atoms with E-state index in [1.54, 1.807) is 6.07 Å². The van der Waals surface area contributed by atoms with Gasteiger partial charge in [-0.05, 0) is 31.2 Å². The lowest BCUT2D eigenvalue weighted by Crippen LogP contribution is -2.16. The summed E-state index contributed by atoms with van der Waals surface area (Å²) < 4.78 is 0. The highest BCUT2D eigenvalue weighted by molar-refractivity contribution is 5.91. The fraction of sp³-hybridized carbons (Fsp3) is 0.118. The standard InChI is InChI=1S/C17H15N3O/c1-12-5-4-8-16(18-12)20-17(21)11-14-10-9-13-6-2-3-7-15(13)19-14/h2-10H,11H2,1H3,(H,18,20,21). The number of fused-ring (bicyclic) bond motifs is 1. The highest BCUT2D eigenvalue weighted by atomic mass is 16.1. The van der Waals surface area contributed by atoms with Gasteiger partial charge in [0.15, 0.2) is 0 Å². The van der Waals surface area contributed by atoms with Gasteiger partial charge in [-0.15, -0.1) is 0 Å². The molecule has 4 nitrogen and oxygen atoms in total. The summed E-state index contributed by atoms with van der Waals surface area (Å²) in [4.78, 5) is 20.8. The van der Waals surface area contributed by atoms with Crippen LogP contribution < -0.4 is 5.32 Å². The molecule has 2 heterocycles. The Hall–Kier alpha value is -2.75. The van der Waals surface area contributed by atoms with E-state index in [0.717, 1.165) is 22.3 Å². The van der Waals surface area contributed by atoms with Gasteiger partial charge in [-0.25, -0.2) is 4.98 Å². The zero-order chi connectivity index (χ0) is 14.7. The van der Waals surface area contributed by atoms with Gasteiger partial charge in [0.1, 0.15) is 5.82 Å². The normalized spacial score (nSPS) is 10.5. The average molecular weight is 277 g/mol. The predicted octanol–water partition coefficient (Wildman–Crippen LogP) is 3.12. The van der Waals surface area contributed by atoms with Crippen molar-refractivity contribution in [1.29, 1.82) is 0 Å². The van der Waals surface area contributed by atoms with Crippen molar-refractivity contribution in [1.82, 2.24) is 9.97 Å². The molecule has 0 bridgehead atoms. The summed E-state index contributed by atoms with van der Waals surface area (Å²) in [6.45, 7) is 1.89. The first-order valence-corrected chi connectivity index (χ1v) is 6.79. The maximum atomic E-state index is 12.0. The van der Waals surface area contributed by atoms with Crippen LogP contribution in [-0.4, -0.2) is 15.9 Å². The zero-order valence-corrected chi connectivity index (χ0v) is 11.7. The molecule has 0 saturated carbocycles. The van der Waals surface area contributed by atoms with Gasteiger partial charge in [-0.2, -0.15) is 0 Å². The SMILES string of the molecule is Cc1cccc(NC(=O)Cc2ccc3ccccc3n2)n1. The minimum absolute atomic E-state index is 0.115. The van der Waals surface area contributed by atoms with Gasteiger partial charge in [0, 0.05) is 11.1 Å². The summed E-state index contributed by atoms with van der Waals surface area (Å²) in [5.41, 5.74) is 2.52. The molecule has 0 radical (unpaired) electrons. The van der Waals surface area contributed by atoms with Crippen LogP contribution in [0.1, 0.15) is 11.4 Å². The van der Waals surface area contributed by atoms with Gasteiger partial charge in [-0.1, -0.05) is 30.3 Å². The second-order valence-corrected chi connectivity index (χ2v) is 4.88. The molecule has 2 aromatic heterocycles. The van der Waals surface area contributed by atoms with E-state index in [-0.39, 0.29) is 12.3 Å². The van der Waals surface area contributed by atoms with E-state index in [0.29, 0.717) is 5.82 Å². The second kappa shape index (κ2) is 5.71. The molecule has 0 saturated heterocycles. The third-order valence-corrected chi connectivity index (χ3v) is 3.15. The first-order valence-electron chi connectivity index (χ1n) is 6.79. The number of nitrogens with one attached hydrogen (secondary N) is 1. The third kappa shape index (κ3) is 3.23. The first-order chi connectivity index (χ1) is 10.2. The monoisotopic (exact) mass is 277 g/mol. The minimum Gasteiger partial charge on any atom is -0.310 e. The number of hydrogen-bond acceptors (Lipinski definition) is 3. The third-order valence-electron chi connectivity index (χ3n) is 3.15. The molecule has 1 N–H and O–H groups in total. The van der Waals surface area contributed by atoms with Crippen LogP contribution in [0.4, 0.5) is 5.82 Å². The van der Waals surface area contributed by atoms with Crippen molar-refractivity contribution in [2.24, 2.45) is 0 Å². The lowest BCUT2D eigenvalue weighted by Gasteiger charge is -2.05. The molecule has 0 fully saturated rings. The predicted molar refractivity (Wildman–Crippen MR) is 83.1 cm³/mol.